The molecule has 0 N–H and O–H groups in total. The van der Waals surface area contributed by atoms with E-state index in [9.17, 15) is 8.42 Å². The van der Waals surface area contributed by atoms with E-state index in [1.54, 1.807) is 22.6 Å². The molecular formula is CH2I2O2S. The van der Waals surface area contributed by atoms with Crippen molar-refractivity contribution in [3.63, 3.8) is 0 Å². The fourth-order valence-corrected chi connectivity index (χ4v) is 0. The van der Waals surface area contributed by atoms with Gasteiger partial charge in [0.15, 0.2) is 0 Å². The summed E-state index contributed by atoms with van der Waals surface area (Å²) in [4.78, 5) is 0. The van der Waals surface area contributed by atoms with E-state index >= 15 is 0 Å². The molecule has 0 aromatic heterocycles. The van der Waals surface area contributed by atoms with Crippen LogP contribution >= 0.6 is 43.8 Å². The molecular weight excluding hydrogens is 330 g/mol. The zero-order chi connectivity index (χ0) is 5.21. The van der Waals surface area contributed by atoms with Gasteiger partial charge >= 0.3 is 0 Å². The first-order chi connectivity index (χ1) is 2.56. The molecule has 0 aromatic rings. The number of hydrogen-bond donors (Lipinski definition) is 0. The van der Waals surface area contributed by atoms with Crippen LogP contribution in [-0.4, -0.2) is 12.2 Å². The molecule has 0 aromatic carbocycles. The Morgan fingerprint density at radius 1 is 1.50 bits per heavy atom. The molecule has 0 heterocycles. The number of alkyl halides is 1. The van der Waals surface area contributed by atoms with Crippen molar-refractivity contribution >= 4 is 50.8 Å². The standard InChI is InChI=1S/CH2I2O2S/c2-1-6(3,4)5/h1H2. The minimum Gasteiger partial charge on any atom is -0.217 e. The number of rotatable bonds is 1. The molecule has 0 aliphatic heterocycles. The number of hydrogen-bond acceptors (Lipinski definition) is 2. The van der Waals surface area contributed by atoms with Gasteiger partial charge < -0.3 is 0 Å². The minimum absolute atomic E-state index is 0.200. The van der Waals surface area contributed by atoms with Crippen molar-refractivity contribution in [3.05, 3.63) is 0 Å². The largest absolute Gasteiger partial charge is 0.217 e. The summed E-state index contributed by atoms with van der Waals surface area (Å²) in [5, 5.41) is 0. The van der Waals surface area contributed by atoms with E-state index in [4.69, 9.17) is 0 Å². The highest BCUT2D eigenvalue weighted by molar-refractivity contribution is 14.2. The molecule has 0 radical (unpaired) electrons. The molecule has 0 atom stereocenters. The van der Waals surface area contributed by atoms with Gasteiger partial charge in [0.25, 0.3) is 0 Å². The summed E-state index contributed by atoms with van der Waals surface area (Å²) in [6.07, 6.45) is 0. The average Bonchev–Trinajstić information content (AvgIpc) is 1.35. The molecule has 0 aliphatic rings. The van der Waals surface area contributed by atoms with E-state index in [0.717, 1.165) is 0 Å². The van der Waals surface area contributed by atoms with Gasteiger partial charge in [-0.2, -0.15) is 0 Å². The first-order valence-electron chi connectivity index (χ1n) is 1.04. The summed E-state index contributed by atoms with van der Waals surface area (Å²) >= 11 is 3.20. The molecule has 0 saturated carbocycles. The van der Waals surface area contributed by atoms with Crippen LogP contribution in [0.2, 0.25) is 0 Å². The van der Waals surface area contributed by atoms with E-state index in [0.29, 0.717) is 0 Å². The van der Waals surface area contributed by atoms with E-state index in [2.05, 4.69) is 0 Å². The second-order valence-corrected chi connectivity index (χ2v) is 7.84. The third kappa shape index (κ3) is 5.41. The second-order valence-electron chi connectivity index (χ2n) is 0.648. The monoisotopic (exact) mass is 332 g/mol. The fourth-order valence-electron chi connectivity index (χ4n) is 0. The predicted molar refractivity (Wildman–Crippen MR) is 41.8 cm³/mol. The van der Waals surface area contributed by atoms with Gasteiger partial charge in [0.05, 0.1) is 21.2 Å². The van der Waals surface area contributed by atoms with Crippen molar-refractivity contribution in [1.29, 1.82) is 0 Å². The molecule has 2 nitrogen and oxygen atoms in total. The Kier molecular flexibility index (Phi) is 3.28. The van der Waals surface area contributed by atoms with Crippen LogP contribution in [0.3, 0.4) is 0 Å². The zero-order valence-electron chi connectivity index (χ0n) is 2.69. The van der Waals surface area contributed by atoms with Crippen molar-refractivity contribution in [2.75, 3.05) is 3.76 Å². The van der Waals surface area contributed by atoms with Gasteiger partial charge in [-0.3, -0.25) is 0 Å². The first kappa shape index (κ1) is 7.41. The quantitative estimate of drug-likeness (QED) is 0.410. The third-order valence-corrected chi connectivity index (χ3v) is 7.36. The molecule has 0 spiro atoms. The second kappa shape index (κ2) is 2.65. The maximum Gasteiger partial charge on any atom is 0.212 e. The zero-order valence-corrected chi connectivity index (χ0v) is 7.82. The maximum absolute atomic E-state index is 9.98. The van der Waals surface area contributed by atoms with Crippen LogP contribution in [0.4, 0.5) is 0 Å². The summed E-state index contributed by atoms with van der Waals surface area (Å²) in [6, 6.07) is 0. The minimum atomic E-state index is -2.71. The van der Waals surface area contributed by atoms with Crippen molar-refractivity contribution < 1.29 is 8.42 Å². The highest BCUT2D eigenvalue weighted by atomic mass is 127. The lowest BCUT2D eigenvalue weighted by atomic mass is 12.0. The van der Waals surface area contributed by atoms with Gasteiger partial charge in [-0.15, -0.1) is 0 Å². The van der Waals surface area contributed by atoms with Crippen molar-refractivity contribution in [3.8, 4) is 0 Å². The van der Waals surface area contributed by atoms with Crippen LogP contribution in [0.5, 0.6) is 0 Å². The summed E-state index contributed by atoms with van der Waals surface area (Å²) < 4.78 is 20.2. The molecule has 0 fully saturated rings. The summed E-state index contributed by atoms with van der Waals surface area (Å²) in [5.74, 6) is 0. The summed E-state index contributed by atoms with van der Waals surface area (Å²) in [7, 11) is -2.71. The van der Waals surface area contributed by atoms with Crippen molar-refractivity contribution in [2.45, 2.75) is 0 Å². The van der Waals surface area contributed by atoms with Gasteiger partial charge in [0, 0.05) is 0 Å². The summed E-state index contributed by atoms with van der Waals surface area (Å²) in [5.41, 5.74) is 0. The topological polar surface area (TPSA) is 34.1 Å². The molecule has 0 unspecified atom stereocenters. The van der Waals surface area contributed by atoms with Crippen LogP contribution in [0, 0.1) is 0 Å². The van der Waals surface area contributed by atoms with E-state index in [1.807, 2.05) is 0 Å². The highest BCUT2D eigenvalue weighted by Crippen LogP contribution is 2.03. The van der Waals surface area contributed by atoms with Crippen molar-refractivity contribution in [2.24, 2.45) is 0 Å². The lowest BCUT2D eigenvalue weighted by Crippen LogP contribution is -1.83. The Labute approximate surface area is 62.3 Å². The molecule has 0 amide bonds. The van der Waals surface area contributed by atoms with Crippen LogP contribution < -0.4 is 0 Å². The molecule has 6 heavy (non-hydrogen) atoms. The normalized spacial score (nSPS) is 11.7. The van der Waals surface area contributed by atoms with Crippen molar-refractivity contribution in [1.82, 2.24) is 0 Å². The van der Waals surface area contributed by atoms with Gasteiger partial charge in [-0.05, 0) is 0 Å². The first-order valence-corrected chi connectivity index (χ1v) is 6.76. The van der Waals surface area contributed by atoms with Gasteiger partial charge in [0.2, 0.25) is 7.01 Å². The Bertz CT molecular complexity index is 114. The van der Waals surface area contributed by atoms with Crippen LogP contribution in [-0.2, 0) is 7.01 Å². The van der Waals surface area contributed by atoms with E-state index in [1.165, 1.54) is 21.2 Å². The Morgan fingerprint density at radius 2 is 1.67 bits per heavy atom. The number of halogens is 2. The van der Waals surface area contributed by atoms with Crippen LogP contribution in [0.1, 0.15) is 0 Å². The Morgan fingerprint density at radius 3 is 1.67 bits per heavy atom. The molecule has 5 heteroatoms. The third-order valence-electron chi connectivity index (χ3n) is 0.130. The molecule has 38 valence electrons. The average molecular weight is 332 g/mol. The van der Waals surface area contributed by atoms with Crippen LogP contribution in [0.25, 0.3) is 0 Å². The van der Waals surface area contributed by atoms with E-state index in [-0.39, 0.29) is 3.76 Å². The molecule has 0 bridgehead atoms. The van der Waals surface area contributed by atoms with Gasteiger partial charge in [-0.25, -0.2) is 8.42 Å². The highest BCUT2D eigenvalue weighted by Gasteiger charge is 1.95. The predicted octanol–water partition coefficient (Wildman–Crippen LogP) is 1.14. The fraction of sp³-hybridized carbons (Fsp3) is 1.00. The molecule has 0 rings (SSSR count). The Hall–Kier alpha value is 1.41. The maximum atomic E-state index is 9.98. The van der Waals surface area contributed by atoms with Gasteiger partial charge in [0.1, 0.15) is 3.76 Å². The van der Waals surface area contributed by atoms with Gasteiger partial charge in [-0.1, -0.05) is 22.6 Å². The van der Waals surface area contributed by atoms with Crippen LogP contribution in [0.15, 0.2) is 0 Å². The summed E-state index contributed by atoms with van der Waals surface area (Å²) in [6.45, 7) is 0. The lowest BCUT2D eigenvalue weighted by molar-refractivity contribution is 0.617. The smallest absolute Gasteiger partial charge is 0.212 e. The lowest BCUT2D eigenvalue weighted by Gasteiger charge is -1.76. The molecule has 0 aliphatic carbocycles. The SMILES string of the molecule is O=S(=O)(I)CI. The van der Waals surface area contributed by atoms with E-state index < -0.39 is 7.01 Å². The molecule has 0 saturated heterocycles. The Balaban J connectivity index is 3.85.